The first-order valence-corrected chi connectivity index (χ1v) is 7.39. The first-order chi connectivity index (χ1) is 8.72. The summed E-state index contributed by atoms with van der Waals surface area (Å²) in [5.41, 5.74) is 1.09. The van der Waals surface area contributed by atoms with Gasteiger partial charge >= 0.3 is 0 Å². The third-order valence-electron chi connectivity index (χ3n) is 3.87. The first kappa shape index (κ1) is 12.7. The Kier molecular flexibility index (Phi) is 3.81. The van der Waals surface area contributed by atoms with Crippen molar-refractivity contribution in [2.24, 2.45) is 0 Å². The maximum absolute atomic E-state index is 6.16. The summed E-state index contributed by atoms with van der Waals surface area (Å²) in [4.78, 5) is 2.61. The Morgan fingerprint density at radius 3 is 2.83 bits per heavy atom. The van der Waals surface area contributed by atoms with Crippen LogP contribution in [0.25, 0.3) is 0 Å². The number of rotatable bonds is 4. The highest BCUT2D eigenvalue weighted by Crippen LogP contribution is 2.30. The average Bonchev–Trinajstić information content (AvgIpc) is 3.10. The monoisotopic (exact) mass is 284 g/mol. The van der Waals surface area contributed by atoms with Gasteiger partial charge in [0.15, 0.2) is 0 Å². The van der Waals surface area contributed by atoms with Gasteiger partial charge in [0.2, 0.25) is 0 Å². The fourth-order valence-electron chi connectivity index (χ4n) is 2.66. The van der Waals surface area contributed by atoms with Crippen molar-refractivity contribution in [3.63, 3.8) is 0 Å². The van der Waals surface area contributed by atoms with Gasteiger partial charge in [-0.05, 0) is 43.0 Å². The summed E-state index contributed by atoms with van der Waals surface area (Å²) in [7, 11) is 0. The normalized spacial score (nSPS) is 24.7. The van der Waals surface area contributed by atoms with E-state index in [1.165, 1.54) is 32.4 Å². The largest absolute Gasteiger partial charge is 0.309 e. The maximum Gasteiger partial charge on any atom is 0.0451 e. The van der Waals surface area contributed by atoms with Gasteiger partial charge in [0.05, 0.1) is 0 Å². The summed E-state index contributed by atoms with van der Waals surface area (Å²) < 4.78 is 0. The number of benzene rings is 1. The highest BCUT2D eigenvalue weighted by Gasteiger charge is 2.34. The van der Waals surface area contributed by atoms with Crippen molar-refractivity contribution in [3.05, 3.63) is 33.8 Å². The zero-order valence-corrected chi connectivity index (χ0v) is 11.8. The summed E-state index contributed by atoms with van der Waals surface area (Å²) >= 11 is 12.2. The van der Waals surface area contributed by atoms with Crippen LogP contribution >= 0.6 is 23.2 Å². The quantitative estimate of drug-likeness (QED) is 0.913. The first-order valence-electron chi connectivity index (χ1n) is 6.64. The molecule has 2 fully saturated rings. The molecule has 4 heteroatoms. The van der Waals surface area contributed by atoms with Crippen LogP contribution in [0.2, 0.25) is 10.0 Å². The molecule has 0 bridgehead atoms. The van der Waals surface area contributed by atoms with E-state index in [-0.39, 0.29) is 0 Å². The summed E-state index contributed by atoms with van der Waals surface area (Å²) in [5, 5.41) is 5.14. The van der Waals surface area contributed by atoms with Crippen molar-refractivity contribution in [1.29, 1.82) is 0 Å². The molecule has 1 aromatic carbocycles. The molecular weight excluding hydrogens is 267 g/mol. The van der Waals surface area contributed by atoms with Crippen LogP contribution < -0.4 is 5.32 Å². The van der Waals surface area contributed by atoms with Gasteiger partial charge in [0, 0.05) is 41.8 Å². The topological polar surface area (TPSA) is 15.3 Å². The standard InChI is InChI=1S/C14H18Cl2N2/c15-11-1-4-14(16)10(7-11)8-17-12-5-6-18(9-12)13-2-3-13/h1,4,7,12-13,17H,2-3,5-6,8-9H2. The molecule has 18 heavy (non-hydrogen) atoms. The molecule has 1 saturated carbocycles. The van der Waals surface area contributed by atoms with E-state index in [0.717, 1.165) is 28.2 Å². The van der Waals surface area contributed by atoms with E-state index < -0.39 is 0 Å². The molecule has 2 nitrogen and oxygen atoms in total. The Labute approximate surface area is 118 Å². The molecule has 1 aliphatic carbocycles. The van der Waals surface area contributed by atoms with Crippen molar-refractivity contribution in [3.8, 4) is 0 Å². The molecule has 1 heterocycles. The molecule has 1 saturated heterocycles. The van der Waals surface area contributed by atoms with Gasteiger partial charge in [0.25, 0.3) is 0 Å². The third-order valence-corrected chi connectivity index (χ3v) is 4.48. The van der Waals surface area contributed by atoms with Gasteiger partial charge in [-0.1, -0.05) is 23.2 Å². The lowest BCUT2D eigenvalue weighted by atomic mass is 10.2. The molecule has 2 aliphatic rings. The number of halogens is 2. The molecular formula is C14H18Cl2N2. The Morgan fingerprint density at radius 1 is 1.22 bits per heavy atom. The molecule has 98 valence electrons. The molecule has 3 rings (SSSR count). The fraction of sp³-hybridized carbons (Fsp3) is 0.571. The minimum Gasteiger partial charge on any atom is -0.309 e. The van der Waals surface area contributed by atoms with Crippen LogP contribution in [0.15, 0.2) is 18.2 Å². The molecule has 1 atom stereocenters. The molecule has 0 radical (unpaired) electrons. The average molecular weight is 285 g/mol. The van der Waals surface area contributed by atoms with Gasteiger partial charge in [-0.3, -0.25) is 4.90 Å². The predicted molar refractivity (Wildman–Crippen MR) is 76.3 cm³/mol. The van der Waals surface area contributed by atoms with Crippen molar-refractivity contribution in [2.75, 3.05) is 13.1 Å². The summed E-state index contributed by atoms with van der Waals surface area (Å²) in [6.07, 6.45) is 4.04. The van der Waals surface area contributed by atoms with Crippen LogP contribution in [0.3, 0.4) is 0 Å². The molecule has 1 aliphatic heterocycles. The lowest BCUT2D eigenvalue weighted by Crippen LogP contribution is -2.32. The van der Waals surface area contributed by atoms with Crippen LogP contribution in [0, 0.1) is 0 Å². The lowest BCUT2D eigenvalue weighted by Gasteiger charge is -2.16. The van der Waals surface area contributed by atoms with Gasteiger partial charge in [-0.25, -0.2) is 0 Å². The van der Waals surface area contributed by atoms with E-state index in [9.17, 15) is 0 Å². The predicted octanol–water partition coefficient (Wildman–Crippen LogP) is 3.32. The molecule has 0 spiro atoms. The second kappa shape index (κ2) is 5.38. The van der Waals surface area contributed by atoms with E-state index >= 15 is 0 Å². The lowest BCUT2D eigenvalue weighted by molar-refractivity contribution is 0.317. The van der Waals surface area contributed by atoms with E-state index in [2.05, 4.69) is 10.2 Å². The minimum absolute atomic E-state index is 0.598. The van der Waals surface area contributed by atoms with Crippen LogP contribution in [0.4, 0.5) is 0 Å². The molecule has 1 unspecified atom stereocenters. The second-order valence-electron chi connectivity index (χ2n) is 5.33. The second-order valence-corrected chi connectivity index (χ2v) is 6.17. The number of hydrogen-bond acceptors (Lipinski definition) is 2. The number of nitrogens with one attached hydrogen (secondary N) is 1. The fourth-order valence-corrected chi connectivity index (χ4v) is 3.04. The van der Waals surface area contributed by atoms with Crippen LogP contribution in [0.5, 0.6) is 0 Å². The zero-order valence-electron chi connectivity index (χ0n) is 10.3. The maximum atomic E-state index is 6.16. The van der Waals surface area contributed by atoms with Crippen molar-refractivity contribution in [1.82, 2.24) is 10.2 Å². The SMILES string of the molecule is Clc1ccc(Cl)c(CNC2CCN(C3CC3)C2)c1. The van der Waals surface area contributed by atoms with Crippen molar-refractivity contribution >= 4 is 23.2 Å². The molecule has 0 aromatic heterocycles. The molecule has 0 amide bonds. The summed E-state index contributed by atoms with van der Waals surface area (Å²) in [6, 6.07) is 7.13. The highest BCUT2D eigenvalue weighted by molar-refractivity contribution is 6.33. The smallest absolute Gasteiger partial charge is 0.0451 e. The number of likely N-dealkylation sites (tertiary alicyclic amines) is 1. The minimum atomic E-state index is 0.598. The third kappa shape index (κ3) is 3.00. The van der Waals surface area contributed by atoms with E-state index in [1.54, 1.807) is 0 Å². The number of nitrogens with zero attached hydrogens (tertiary/aromatic N) is 1. The Bertz CT molecular complexity index is 432. The summed E-state index contributed by atoms with van der Waals surface area (Å²) in [5.74, 6) is 0. The zero-order chi connectivity index (χ0) is 12.5. The highest BCUT2D eigenvalue weighted by atomic mass is 35.5. The van der Waals surface area contributed by atoms with E-state index in [1.807, 2.05) is 18.2 Å². The Morgan fingerprint density at radius 2 is 2.06 bits per heavy atom. The van der Waals surface area contributed by atoms with Gasteiger partial charge in [0.1, 0.15) is 0 Å². The number of hydrogen-bond donors (Lipinski definition) is 1. The van der Waals surface area contributed by atoms with E-state index in [0.29, 0.717) is 6.04 Å². The molecule has 1 aromatic rings. The van der Waals surface area contributed by atoms with Crippen molar-refractivity contribution in [2.45, 2.75) is 37.9 Å². The van der Waals surface area contributed by atoms with Gasteiger partial charge in [-0.15, -0.1) is 0 Å². The van der Waals surface area contributed by atoms with Crippen LogP contribution in [0.1, 0.15) is 24.8 Å². The van der Waals surface area contributed by atoms with E-state index in [4.69, 9.17) is 23.2 Å². The Balaban J connectivity index is 1.53. The van der Waals surface area contributed by atoms with Crippen molar-refractivity contribution < 1.29 is 0 Å². The Hall–Kier alpha value is -0.280. The molecule has 1 N–H and O–H groups in total. The van der Waals surface area contributed by atoms with Gasteiger partial charge < -0.3 is 5.32 Å². The van der Waals surface area contributed by atoms with Crippen LogP contribution in [-0.4, -0.2) is 30.1 Å². The summed E-state index contributed by atoms with van der Waals surface area (Å²) in [6.45, 7) is 3.23. The van der Waals surface area contributed by atoms with Crippen LogP contribution in [-0.2, 0) is 6.54 Å². The van der Waals surface area contributed by atoms with Gasteiger partial charge in [-0.2, -0.15) is 0 Å².